The topological polar surface area (TPSA) is 21.3 Å². The highest BCUT2D eigenvalue weighted by Gasteiger charge is 2.10. The Hall–Kier alpha value is -2.22. The van der Waals surface area contributed by atoms with Gasteiger partial charge in [0.25, 0.3) is 0 Å². The summed E-state index contributed by atoms with van der Waals surface area (Å²) in [5.41, 5.74) is 3.74. The number of rotatable bonds is 6. The zero-order valence-electron chi connectivity index (χ0n) is 13.0. The third-order valence-electron chi connectivity index (χ3n) is 3.39. The van der Waals surface area contributed by atoms with Crippen molar-refractivity contribution in [2.24, 2.45) is 0 Å². The SMILES string of the molecule is COc1ccc(C(CC=C(C)C)Nc2ccccc2)cc1. The van der Waals surface area contributed by atoms with E-state index in [9.17, 15) is 0 Å². The van der Waals surface area contributed by atoms with Gasteiger partial charge in [0.1, 0.15) is 5.75 Å². The van der Waals surface area contributed by atoms with E-state index < -0.39 is 0 Å². The lowest BCUT2D eigenvalue weighted by Gasteiger charge is -2.19. The molecule has 1 atom stereocenters. The van der Waals surface area contributed by atoms with Crippen molar-refractivity contribution in [1.82, 2.24) is 0 Å². The van der Waals surface area contributed by atoms with Crippen LogP contribution in [0.2, 0.25) is 0 Å². The molecule has 0 aliphatic rings. The summed E-state index contributed by atoms with van der Waals surface area (Å²) in [6.45, 7) is 4.27. The molecule has 0 heterocycles. The van der Waals surface area contributed by atoms with Gasteiger partial charge in [-0.3, -0.25) is 0 Å². The van der Waals surface area contributed by atoms with Crippen LogP contribution in [0.3, 0.4) is 0 Å². The van der Waals surface area contributed by atoms with Gasteiger partial charge in [0, 0.05) is 5.69 Å². The van der Waals surface area contributed by atoms with Crippen LogP contribution >= 0.6 is 0 Å². The summed E-state index contributed by atoms with van der Waals surface area (Å²) < 4.78 is 5.23. The highest BCUT2D eigenvalue weighted by atomic mass is 16.5. The predicted octanol–water partition coefficient (Wildman–Crippen LogP) is 5.20. The first kappa shape index (κ1) is 15.2. The lowest BCUT2D eigenvalue weighted by molar-refractivity contribution is 0.414. The molecule has 1 N–H and O–H groups in total. The van der Waals surface area contributed by atoms with E-state index in [-0.39, 0.29) is 6.04 Å². The first-order chi connectivity index (χ1) is 10.2. The molecule has 21 heavy (non-hydrogen) atoms. The molecule has 2 aromatic rings. The van der Waals surface area contributed by atoms with Crippen LogP contribution in [0.4, 0.5) is 5.69 Å². The van der Waals surface area contributed by atoms with Gasteiger partial charge in [-0.15, -0.1) is 0 Å². The quantitative estimate of drug-likeness (QED) is 0.734. The predicted molar refractivity (Wildman–Crippen MR) is 89.8 cm³/mol. The van der Waals surface area contributed by atoms with Crippen LogP contribution in [0.25, 0.3) is 0 Å². The number of para-hydroxylation sites is 1. The molecule has 0 bridgehead atoms. The molecule has 110 valence electrons. The van der Waals surface area contributed by atoms with E-state index in [2.05, 4.69) is 49.5 Å². The lowest BCUT2D eigenvalue weighted by Crippen LogP contribution is -2.10. The second kappa shape index (κ2) is 7.53. The van der Waals surface area contributed by atoms with Crippen LogP contribution in [-0.4, -0.2) is 7.11 Å². The van der Waals surface area contributed by atoms with Crippen molar-refractivity contribution in [2.75, 3.05) is 12.4 Å². The Morgan fingerprint density at radius 3 is 2.29 bits per heavy atom. The molecule has 1 unspecified atom stereocenters. The second-order valence-corrected chi connectivity index (χ2v) is 5.35. The highest BCUT2D eigenvalue weighted by molar-refractivity contribution is 5.46. The summed E-state index contributed by atoms with van der Waals surface area (Å²) in [5, 5.41) is 3.60. The molecule has 0 saturated carbocycles. The molecule has 0 aromatic heterocycles. The maximum Gasteiger partial charge on any atom is 0.118 e. The van der Waals surface area contributed by atoms with E-state index in [0.717, 1.165) is 17.9 Å². The van der Waals surface area contributed by atoms with Crippen LogP contribution in [-0.2, 0) is 0 Å². The fraction of sp³-hybridized carbons (Fsp3) is 0.263. The van der Waals surface area contributed by atoms with Crippen molar-refractivity contribution in [3.8, 4) is 5.75 Å². The van der Waals surface area contributed by atoms with Crippen LogP contribution < -0.4 is 10.1 Å². The average Bonchev–Trinajstić information content (AvgIpc) is 2.52. The first-order valence-corrected chi connectivity index (χ1v) is 7.28. The second-order valence-electron chi connectivity index (χ2n) is 5.35. The van der Waals surface area contributed by atoms with Gasteiger partial charge in [-0.05, 0) is 50.1 Å². The molecule has 0 saturated heterocycles. The van der Waals surface area contributed by atoms with Crippen molar-refractivity contribution in [3.05, 3.63) is 71.8 Å². The smallest absolute Gasteiger partial charge is 0.118 e. The van der Waals surface area contributed by atoms with Gasteiger partial charge in [0.15, 0.2) is 0 Å². The maximum absolute atomic E-state index is 5.23. The van der Waals surface area contributed by atoms with E-state index in [1.54, 1.807) is 7.11 Å². The minimum absolute atomic E-state index is 0.258. The summed E-state index contributed by atoms with van der Waals surface area (Å²) in [6.07, 6.45) is 3.23. The van der Waals surface area contributed by atoms with Crippen molar-refractivity contribution in [3.63, 3.8) is 0 Å². The number of benzene rings is 2. The van der Waals surface area contributed by atoms with Crippen molar-refractivity contribution >= 4 is 5.69 Å². The van der Waals surface area contributed by atoms with E-state index in [4.69, 9.17) is 4.74 Å². The van der Waals surface area contributed by atoms with Gasteiger partial charge in [-0.25, -0.2) is 0 Å². The molecule has 2 nitrogen and oxygen atoms in total. The van der Waals surface area contributed by atoms with Crippen molar-refractivity contribution in [2.45, 2.75) is 26.3 Å². The third-order valence-corrected chi connectivity index (χ3v) is 3.39. The van der Waals surface area contributed by atoms with Crippen LogP contribution in [0, 0.1) is 0 Å². The fourth-order valence-corrected chi connectivity index (χ4v) is 2.20. The largest absolute Gasteiger partial charge is 0.497 e. The van der Waals surface area contributed by atoms with Crippen LogP contribution in [0.15, 0.2) is 66.2 Å². The van der Waals surface area contributed by atoms with E-state index in [1.165, 1.54) is 11.1 Å². The molecule has 0 spiro atoms. The molecule has 2 aromatic carbocycles. The summed E-state index contributed by atoms with van der Waals surface area (Å²) in [7, 11) is 1.69. The standard InChI is InChI=1S/C19H23NO/c1-15(2)9-14-19(20-17-7-5-4-6-8-17)16-10-12-18(21-3)13-11-16/h4-13,19-20H,14H2,1-3H3. The van der Waals surface area contributed by atoms with Gasteiger partial charge in [0.05, 0.1) is 13.2 Å². The van der Waals surface area contributed by atoms with Gasteiger partial charge in [-0.1, -0.05) is 42.0 Å². The maximum atomic E-state index is 5.23. The summed E-state index contributed by atoms with van der Waals surface area (Å²) in [4.78, 5) is 0. The lowest BCUT2D eigenvalue weighted by atomic mass is 10.0. The summed E-state index contributed by atoms with van der Waals surface area (Å²) >= 11 is 0. The van der Waals surface area contributed by atoms with Gasteiger partial charge in [-0.2, -0.15) is 0 Å². The zero-order valence-corrected chi connectivity index (χ0v) is 13.0. The monoisotopic (exact) mass is 281 g/mol. The number of allylic oxidation sites excluding steroid dienone is 1. The average molecular weight is 281 g/mol. The van der Waals surface area contributed by atoms with Crippen molar-refractivity contribution < 1.29 is 4.74 Å². The normalized spacial score (nSPS) is 11.6. The Bertz CT molecular complexity index is 568. The van der Waals surface area contributed by atoms with Gasteiger partial charge in [0.2, 0.25) is 0 Å². The number of nitrogens with one attached hydrogen (secondary N) is 1. The van der Waals surface area contributed by atoms with Crippen molar-refractivity contribution in [1.29, 1.82) is 0 Å². The number of hydrogen-bond acceptors (Lipinski definition) is 2. The van der Waals surface area contributed by atoms with Gasteiger partial charge >= 0.3 is 0 Å². The molecule has 0 radical (unpaired) electrons. The van der Waals surface area contributed by atoms with E-state index in [0.29, 0.717) is 0 Å². The highest BCUT2D eigenvalue weighted by Crippen LogP contribution is 2.25. The number of methoxy groups -OCH3 is 1. The molecule has 2 rings (SSSR count). The fourth-order valence-electron chi connectivity index (χ4n) is 2.20. The Kier molecular flexibility index (Phi) is 5.44. The zero-order chi connectivity index (χ0) is 15.1. The molecule has 0 aliphatic carbocycles. The molecule has 0 aliphatic heterocycles. The molecule has 0 amide bonds. The molecular weight excluding hydrogens is 258 g/mol. The minimum atomic E-state index is 0.258. The molecule has 2 heteroatoms. The van der Waals surface area contributed by atoms with Crippen LogP contribution in [0.5, 0.6) is 5.75 Å². The van der Waals surface area contributed by atoms with Crippen LogP contribution in [0.1, 0.15) is 31.9 Å². The molecule has 0 fully saturated rings. The third kappa shape index (κ3) is 4.67. The Balaban J connectivity index is 2.20. The summed E-state index contributed by atoms with van der Waals surface area (Å²) in [6, 6.07) is 18.9. The number of anilines is 1. The Morgan fingerprint density at radius 2 is 1.71 bits per heavy atom. The van der Waals surface area contributed by atoms with E-state index >= 15 is 0 Å². The number of ether oxygens (including phenoxy) is 1. The summed E-state index contributed by atoms with van der Waals surface area (Å²) in [5.74, 6) is 0.888. The Labute approximate surface area is 127 Å². The number of hydrogen-bond donors (Lipinski definition) is 1. The van der Waals surface area contributed by atoms with E-state index in [1.807, 2.05) is 30.3 Å². The molecular formula is C19H23NO. The van der Waals surface area contributed by atoms with Gasteiger partial charge < -0.3 is 10.1 Å². The minimum Gasteiger partial charge on any atom is -0.497 e. The first-order valence-electron chi connectivity index (χ1n) is 7.28. The Morgan fingerprint density at radius 1 is 1.05 bits per heavy atom.